The summed E-state index contributed by atoms with van der Waals surface area (Å²) in [5.41, 5.74) is 5.73. The van der Waals surface area contributed by atoms with Gasteiger partial charge in [-0.2, -0.15) is 0 Å². The number of nitrogens with zero attached hydrogens (tertiary/aromatic N) is 2. The zero-order valence-corrected chi connectivity index (χ0v) is 19.1. The summed E-state index contributed by atoms with van der Waals surface area (Å²) in [5.74, 6) is -0.541. The Morgan fingerprint density at radius 2 is 1.70 bits per heavy atom. The van der Waals surface area contributed by atoms with Crippen LogP contribution < -0.4 is 5.32 Å². The second-order valence-corrected chi connectivity index (χ2v) is 9.23. The van der Waals surface area contributed by atoms with Gasteiger partial charge in [0.1, 0.15) is 5.54 Å². The second-order valence-electron chi connectivity index (χ2n) is 9.23. The number of nitrogens with one attached hydrogen (secondary N) is 1. The lowest BCUT2D eigenvalue weighted by Crippen LogP contribution is -2.51. The van der Waals surface area contributed by atoms with E-state index >= 15 is 0 Å². The first-order chi connectivity index (χ1) is 15.8. The normalized spacial score (nSPS) is 19.7. The molecule has 1 aromatic heterocycles. The number of ketones is 1. The maximum atomic E-state index is 13.4. The molecule has 1 saturated heterocycles. The summed E-state index contributed by atoms with van der Waals surface area (Å²) in [6.07, 6.45) is 1.73. The van der Waals surface area contributed by atoms with Crippen LogP contribution in [0.15, 0.2) is 54.6 Å². The van der Waals surface area contributed by atoms with E-state index in [0.29, 0.717) is 18.4 Å². The summed E-state index contributed by atoms with van der Waals surface area (Å²) in [6, 6.07) is 17.5. The molecule has 6 nitrogen and oxygen atoms in total. The number of Topliss-reactive ketones (excluding diaryl/α,β-unsaturated/α-hetero) is 1. The maximum absolute atomic E-state index is 13.4. The fourth-order valence-electron chi connectivity index (χ4n) is 5.21. The summed E-state index contributed by atoms with van der Waals surface area (Å²) in [4.78, 5) is 40.5. The van der Waals surface area contributed by atoms with Crippen LogP contribution in [0, 0.1) is 20.8 Å². The molecule has 6 heteroatoms. The van der Waals surface area contributed by atoms with E-state index < -0.39 is 11.6 Å². The monoisotopic (exact) mass is 441 g/mol. The minimum absolute atomic E-state index is 0.238. The molecule has 1 unspecified atom stereocenters. The van der Waals surface area contributed by atoms with Crippen LogP contribution in [-0.2, 0) is 17.6 Å². The minimum atomic E-state index is -0.954. The Bertz CT molecular complexity index is 1290. The molecule has 1 N–H and O–H groups in total. The predicted molar refractivity (Wildman–Crippen MR) is 126 cm³/mol. The standard InChI is InChI=1S/C27H27N3O3/c1-17-8-10-22(11-9-17)30-18(2)14-23(19(30)3)24(31)16-29-25(32)27(28-26(29)33)13-12-20-6-4-5-7-21(20)15-27/h4-11,14H,12-13,15-16H2,1-3H3,(H,28,33). The van der Waals surface area contributed by atoms with E-state index in [0.717, 1.165) is 39.5 Å². The highest BCUT2D eigenvalue weighted by Gasteiger charge is 2.52. The first-order valence-corrected chi connectivity index (χ1v) is 11.3. The van der Waals surface area contributed by atoms with Crippen molar-refractivity contribution in [1.82, 2.24) is 14.8 Å². The van der Waals surface area contributed by atoms with Crippen LogP contribution in [0.4, 0.5) is 4.79 Å². The molecule has 1 spiro atoms. The molecule has 33 heavy (non-hydrogen) atoms. The number of benzene rings is 2. The topological polar surface area (TPSA) is 71.4 Å². The van der Waals surface area contributed by atoms with Gasteiger partial charge in [0, 0.05) is 29.1 Å². The van der Waals surface area contributed by atoms with Crippen molar-refractivity contribution in [3.05, 3.63) is 88.2 Å². The van der Waals surface area contributed by atoms with E-state index in [-0.39, 0.29) is 18.2 Å². The molecule has 1 fully saturated rings. The van der Waals surface area contributed by atoms with Crippen molar-refractivity contribution in [3.8, 4) is 5.69 Å². The first-order valence-electron chi connectivity index (χ1n) is 11.3. The number of urea groups is 1. The molecule has 3 amide bonds. The smallest absolute Gasteiger partial charge is 0.323 e. The summed E-state index contributed by atoms with van der Waals surface area (Å²) in [7, 11) is 0. The van der Waals surface area contributed by atoms with Gasteiger partial charge in [0.2, 0.25) is 0 Å². The van der Waals surface area contributed by atoms with Gasteiger partial charge in [-0.15, -0.1) is 0 Å². The second kappa shape index (κ2) is 7.73. The Balaban J connectivity index is 1.39. The Labute approximate surface area is 193 Å². The van der Waals surface area contributed by atoms with E-state index in [1.165, 1.54) is 5.56 Å². The highest BCUT2D eigenvalue weighted by atomic mass is 16.2. The largest absolute Gasteiger partial charge is 0.325 e. The molecule has 1 aliphatic carbocycles. The molecule has 1 atom stereocenters. The zero-order valence-electron chi connectivity index (χ0n) is 19.1. The van der Waals surface area contributed by atoms with Crippen LogP contribution in [0.2, 0.25) is 0 Å². The number of carbonyl (C=O) groups excluding carboxylic acids is 3. The van der Waals surface area contributed by atoms with Crippen molar-refractivity contribution in [2.75, 3.05) is 6.54 Å². The average Bonchev–Trinajstić information content (AvgIpc) is 3.22. The van der Waals surface area contributed by atoms with Gasteiger partial charge in [-0.3, -0.25) is 14.5 Å². The molecular formula is C27H27N3O3. The fraction of sp³-hybridized carbons (Fsp3) is 0.296. The molecule has 3 aromatic rings. The number of hydrogen-bond acceptors (Lipinski definition) is 3. The number of hydrogen-bond donors (Lipinski definition) is 1. The lowest BCUT2D eigenvalue weighted by atomic mass is 9.78. The van der Waals surface area contributed by atoms with Crippen LogP contribution >= 0.6 is 0 Å². The Hall–Kier alpha value is -3.67. The van der Waals surface area contributed by atoms with Crippen LogP contribution in [0.5, 0.6) is 0 Å². The Morgan fingerprint density at radius 3 is 2.42 bits per heavy atom. The molecule has 2 aromatic carbocycles. The van der Waals surface area contributed by atoms with Crippen LogP contribution in [0.1, 0.15) is 44.9 Å². The van der Waals surface area contributed by atoms with Gasteiger partial charge in [0.25, 0.3) is 5.91 Å². The first kappa shape index (κ1) is 21.2. The molecule has 1 aliphatic heterocycles. The van der Waals surface area contributed by atoms with E-state index in [9.17, 15) is 14.4 Å². The molecule has 2 heterocycles. The van der Waals surface area contributed by atoms with Gasteiger partial charge in [-0.25, -0.2) is 4.79 Å². The number of rotatable bonds is 4. The van der Waals surface area contributed by atoms with E-state index in [2.05, 4.69) is 11.4 Å². The van der Waals surface area contributed by atoms with Crippen LogP contribution in [0.25, 0.3) is 5.69 Å². The van der Waals surface area contributed by atoms with E-state index in [1.54, 1.807) is 0 Å². The molecule has 5 rings (SSSR count). The van der Waals surface area contributed by atoms with Gasteiger partial charge in [0.05, 0.1) is 6.54 Å². The van der Waals surface area contributed by atoms with Crippen molar-refractivity contribution >= 4 is 17.7 Å². The number of aromatic nitrogens is 1. The third kappa shape index (κ3) is 3.46. The van der Waals surface area contributed by atoms with Crippen molar-refractivity contribution < 1.29 is 14.4 Å². The molecule has 2 aliphatic rings. The molecule has 0 bridgehead atoms. The van der Waals surface area contributed by atoms with Crippen LogP contribution in [0.3, 0.4) is 0 Å². The summed E-state index contributed by atoms with van der Waals surface area (Å²) in [5, 5.41) is 2.91. The van der Waals surface area contributed by atoms with Gasteiger partial charge in [-0.05, 0) is 62.9 Å². The van der Waals surface area contributed by atoms with E-state index in [4.69, 9.17) is 0 Å². The van der Waals surface area contributed by atoms with Gasteiger partial charge in [0.15, 0.2) is 5.78 Å². The maximum Gasteiger partial charge on any atom is 0.325 e. The fourth-order valence-corrected chi connectivity index (χ4v) is 5.21. The number of amides is 3. The summed E-state index contributed by atoms with van der Waals surface area (Å²) in [6.45, 7) is 5.62. The third-order valence-electron chi connectivity index (χ3n) is 7.00. The summed E-state index contributed by atoms with van der Waals surface area (Å²) < 4.78 is 2.03. The SMILES string of the molecule is Cc1ccc(-n2c(C)cc(C(=O)CN3C(=O)NC4(CCc5ccccc5C4)C3=O)c2C)cc1. The van der Waals surface area contributed by atoms with E-state index in [1.807, 2.05) is 73.9 Å². The number of carbonyl (C=O) groups is 3. The van der Waals surface area contributed by atoms with Crippen molar-refractivity contribution in [2.24, 2.45) is 0 Å². The minimum Gasteiger partial charge on any atom is -0.323 e. The highest BCUT2D eigenvalue weighted by molar-refractivity contribution is 6.11. The van der Waals surface area contributed by atoms with Gasteiger partial charge in [-0.1, -0.05) is 42.0 Å². The average molecular weight is 442 g/mol. The van der Waals surface area contributed by atoms with Gasteiger partial charge < -0.3 is 9.88 Å². The van der Waals surface area contributed by atoms with Crippen LogP contribution in [-0.4, -0.2) is 39.3 Å². The van der Waals surface area contributed by atoms with Crippen molar-refractivity contribution in [3.63, 3.8) is 0 Å². The lowest BCUT2D eigenvalue weighted by Gasteiger charge is -2.32. The highest BCUT2D eigenvalue weighted by Crippen LogP contribution is 2.34. The number of aryl methyl sites for hydroxylation is 3. The number of fused-ring (bicyclic) bond motifs is 1. The zero-order chi connectivity index (χ0) is 23.3. The summed E-state index contributed by atoms with van der Waals surface area (Å²) >= 11 is 0. The quantitative estimate of drug-likeness (QED) is 0.490. The van der Waals surface area contributed by atoms with Gasteiger partial charge >= 0.3 is 6.03 Å². The molecule has 0 saturated carbocycles. The van der Waals surface area contributed by atoms with Crippen molar-refractivity contribution in [2.45, 2.75) is 45.6 Å². The Kier molecular flexibility index (Phi) is 4.96. The number of imide groups is 1. The Morgan fingerprint density at radius 1 is 1.00 bits per heavy atom. The third-order valence-corrected chi connectivity index (χ3v) is 7.00. The molecular weight excluding hydrogens is 414 g/mol. The molecule has 0 radical (unpaired) electrons. The van der Waals surface area contributed by atoms with Crippen molar-refractivity contribution in [1.29, 1.82) is 0 Å². The predicted octanol–water partition coefficient (Wildman–Crippen LogP) is 4.06. The lowest BCUT2D eigenvalue weighted by molar-refractivity contribution is -0.131. The molecule has 168 valence electrons.